The van der Waals surface area contributed by atoms with Gasteiger partial charge in [-0.2, -0.15) is 0 Å². The van der Waals surface area contributed by atoms with E-state index in [1.165, 1.54) is 55.5 Å². The molecular formula is C29H30F2. The van der Waals surface area contributed by atoms with Crippen LogP contribution in [0.3, 0.4) is 0 Å². The number of fused-ring (bicyclic) bond motifs is 1. The molecule has 0 nitrogen and oxygen atoms in total. The third-order valence-electron chi connectivity index (χ3n) is 6.93. The molecule has 0 aromatic heterocycles. The molecule has 0 heterocycles. The molecule has 3 aromatic rings. The Morgan fingerprint density at radius 3 is 2.16 bits per heavy atom. The summed E-state index contributed by atoms with van der Waals surface area (Å²) >= 11 is 0. The fourth-order valence-electron chi connectivity index (χ4n) is 5.03. The van der Waals surface area contributed by atoms with Crippen LogP contribution in [0.4, 0.5) is 8.78 Å². The maximum absolute atomic E-state index is 13.4. The van der Waals surface area contributed by atoms with Gasteiger partial charge < -0.3 is 0 Å². The Morgan fingerprint density at radius 2 is 1.45 bits per heavy atom. The Kier molecular flexibility index (Phi) is 6.71. The van der Waals surface area contributed by atoms with E-state index in [2.05, 4.69) is 56.0 Å². The minimum atomic E-state index is -0.869. The van der Waals surface area contributed by atoms with Gasteiger partial charge in [0.25, 0.3) is 0 Å². The maximum Gasteiger partial charge on any atom is 0.160 e. The Labute approximate surface area is 184 Å². The number of hydrogen-bond donors (Lipinski definition) is 0. The van der Waals surface area contributed by atoms with Gasteiger partial charge in [-0.3, -0.25) is 0 Å². The van der Waals surface area contributed by atoms with Gasteiger partial charge in [0.05, 0.1) is 0 Å². The van der Waals surface area contributed by atoms with E-state index in [9.17, 15) is 8.78 Å². The highest BCUT2D eigenvalue weighted by atomic mass is 19.2. The number of halogens is 2. The van der Waals surface area contributed by atoms with E-state index in [0.29, 0.717) is 11.5 Å². The van der Waals surface area contributed by atoms with E-state index in [4.69, 9.17) is 0 Å². The molecule has 1 atom stereocenters. The topological polar surface area (TPSA) is 0 Å². The Hall–Kier alpha value is -2.66. The summed E-state index contributed by atoms with van der Waals surface area (Å²) in [6.07, 6.45) is 7.93. The SMILES string of the molecule is CCC[C@H](C)C1CCC(c2ccc3cc(C#Cc4ccc(F)c(F)c4)ccc3c2)CC1. The molecule has 3 aromatic carbocycles. The van der Waals surface area contributed by atoms with Crippen molar-refractivity contribution in [2.24, 2.45) is 11.8 Å². The third-order valence-corrected chi connectivity index (χ3v) is 6.93. The minimum absolute atomic E-state index is 0.471. The van der Waals surface area contributed by atoms with Gasteiger partial charge in [-0.1, -0.05) is 62.8 Å². The van der Waals surface area contributed by atoms with Crippen molar-refractivity contribution in [2.45, 2.75) is 58.3 Å². The van der Waals surface area contributed by atoms with Gasteiger partial charge in [-0.05, 0) is 90.1 Å². The second-order valence-corrected chi connectivity index (χ2v) is 9.08. The van der Waals surface area contributed by atoms with E-state index < -0.39 is 11.6 Å². The van der Waals surface area contributed by atoms with E-state index in [-0.39, 0.29) is 0 Å². The van der Waals surface area contributed by atoms with Crippen LogP contribution < -0.4 is 0 Å². The first kappa shape index (κ1) is 21.6. The zero-order valence-electron chi connectivity index (χ0n) is 18.4. The van der Waals surface area contributed by atoms with Gasteiger partial charge in [0.2, 0.25) is 0 Å². The molecule has 0 amide bonds. The highest BCUT2D eigenvalue weighted by Crippen LogP contribution is 2.40. The summed E-state index contributed by atoms with van der Waals surface area (Å²) in [7, 11) is 0. The molecule has 0 saturated heterocycles. The molecule has 0 spiro atoms. The fourth-order valence-corrected chi connectivity index (χ4v) is 5.03. The second-order valence-electron chi connectivity index (χ2n) is 9.08. The van der Waals surface area contributed by atoms with Crippen LogP contribution in [0.25, 0.3) is 10.8 Å². The zero-order valence-corrected chi connectivity index (χ0v) is 18.4. The van der Waals surface area contributed by atoms with Crippen molar-refractivity contribution in [2.75, 3.05) is 0 Å². The highest BCUT2D eigenvalue weighted by molar-refractivity contribution is 5.84. The normalized spacial score (nSPS) is 19.6. The van der Waals surface area contributed by atoms with Gasteiger partial charge in [0, 0.05) is 11.1 Å². The van der Waals surface area contributed by atoms with Crippen molar-refractivity contribution in [3.05, 3.63) is 82.9 Å². The smallest absolute Gasteiger partial charge is 0.160 e. The molecule has 1 aliphatic rings. The van der Waals surface area contributed by atoms with Gasteiger partial charge >= 0.3 is 0 Å². The lowest BCUT2D eigenvalue weighted by molar-refractivity contribution is 0.235. The molecular weight excluding hydrogens is 386 g/mol. The molecule has 0 bridgehead atoms. The van der Waals surface area contributed by atoms with Crippen LogP contribution >= 0.6 is 0 Å². The van der Waals surface area contributed by atoms with Crippen LogP contribution in [0, 0.1) is 35.3 Å². The third kappa shape index (κ3) is 5.16. The quantitative estimate of drug-likeness (QED) is 0.376. The second kappa shape index (κ2) is 9.65. The summed E-state index contributed by atoms with van der Waals surface area (Å²) in [4.78, 5) is 0. The van der Waals surface area contributed by atoms with Gasteiger partial charge in [0.1, 0.15) is 0 Å². The van der Waals surface area contributed by atoms with Gasteiger partial charge in [-0.25, -0.2) is 8.78 Å². The first-order valence-electron chi connectivity index (χ1n) is 11.5. The van der Waals surface area contributed by atoms with Crippen LogP contribution in [0.1, 0.15) is 75.0 Å². The fraction of sp³-hybridized carbons (Fsp3) is 0.379. The van der Waals surface area contributed by atoms with Gasteiger partial charge in [-0.15, -0.1) is 0 Å². The zero-order chi connectivity index (χ0) is 21.8. The average molecular weight is 417 g/mol. The van der Waals surface area contributed by atoms with Crippen molar-refractivity contribution in [3.8, 4) is 11.8 Å². The maximum atomic E-state index is 13.4. The monoisotopic (exact) mass is 416 g/mol. The molecule has 0 radical (unpaired) electrons. The summed E-state index contributed by atoms with van der Waals surface area (Å²) in [6.45, 7) is 4.72. The van der Waals surface area contributed by atoms with E-state index in [0.717, 1.165) is 34.9 Å². The van der Waals surface area contributed by atoms with Crippen LogP contribution in [0.5, 0.6) is 0 Å². The van der Waals surface area contributed by atoms with Crippen molar-refractivity contribution >= 4 is 10.8 Å². The van der Waals surface area contributed by atoms with E-state index >= 15 is 0 Å². The number of hydrogen-bond acceptors (Lipinski definition) is 0. The predicted molar refractivity (Wildman–Crippen MR) is 125 cm³/mol. The lowest BCUT2D eigenvalue weighted by Crippen LogP contribution is -2.19. The van der Waals surface area contributed by atoms with E-state index in [1.807, 2.05) is 6.07 Å². The molecule has 0 N–H and O–H groups in total. The van der Waals surface area contributed by atoms with Crippen molar-refractivity contribution < 1.29 is 8.78 Å². The van der Waals surface area contributed by atoms with Crippen LogP contribution in [-0.4, -0.2) is 0 Å². The van der Waals surface area contributed by atoms with Gasteiger partial charge in [0.15, 0.2) is 11.6 Å². The molecule has 1 aliphatic carbocycles. The standard InChI is InChI=1S/C29H30F2/c1-3-4-20(2)23-10-12-24(13-11-23)26-15-14-25-17-21(7-9-27(25)19-26)5-6-22-8-16-28(30)29(31)18-22/h7-9,14-20,23-24H,3-4,10-13H2,1-2H3/t20-,23?,24?/m0/s1. The average Bonchev–Trinajstić information content (AvgIpc) is 2.79. The Balaban J connectivity index is 1.46. The Bertz CT molecular complexity index is 1110. The molecule has 1 saturated carbocycles. The molecule has 2 heteroatoms. The molecule has 31 heavy (non-hydrogen) atoms. The summed E-state index contributed by atoms with van der Waals surface area (Å²) in [5, 5.41) is 2.39. The first-order chi connectivity index (χ1) is 15.0. The highest BCUT2D eigenvalue weighted by Gasteiger charge is 2.25. The summed E-state index contributed by atoms with van der Waals surface area (Å²) in [6, 6.07) is 16.7. The van der Waals surface area contributed by atoms with Crippen molar-refractivity contribution in [3.63, 3.8) is 0 Å². The van der Waals surface area contributed by atoms with Crippen LogP contribution in [0.15, 0.2) is 54.6 Å². The molecule has 1 fully saturated rings. The minimum Gasteiger partial charge on any atom is -0.204 e. The van der Waals surface area contributed by atoms with Crippen molar-refractivity contribution in [1.82, 2.24) is 0 Å². The largest absolute Gasteiger partial charge is 0.204 e. The molecule has 160 valence electrons. The number of benzene rings is 3. The number of rotatable bonds is 4. The molecule has 4 rings (SSSR count). The Morgan fingerprint density at radius 1 is 0.806 bits per heavy atom. The lowest BCUT2D eigenvalue weighted by Gasteiger charge is -2.32. The van der Waals surface area contributed by atoms with Crippen LogP contribution in [-0.2, 0) is 0 Å². The van der Waals surface area contributed by atoms with E-state index in [1.54, 1.807) is 0 Å². The summed E-state index contributed by atoms with van der Waals surface area (Å²) in [5.74, 6) is 6.69. The predicted octanol–water partition coefficient (Wildman–Crippen LogP) is 8.23. The molecule has 0 aliphatic heterocycles. The first-order valence-corrected chi connectivity index (χ1v) is 11.5. The van der Waals surface area contributed by atoms with Crippen molar-refractivity contribution in [1.29, 1.82) is 0 Å². The summed E-state index contributed by atoms with van der Waals surface area (Å²) in [5.41, 5.74) is 2.79. The molecule has 0 unspecified atom stereocenters. The van der Waals surface area contributed by atoms with Crippen LogP contribution in [0.2, 0.25) is 0 Å². The summed E-state index contributed by atoms with van der Waals surface area (Å²) < 4.78 is 26.4. The lowest BCUT2D eigenvalue weighted by atomic mass is 9.73.